The molecule has 1 aromatic rings. The number of hydrogen-bond acceptors (Lipinski definition) is 4. The van der Waals surface area contributed by atoms with Crippen LogP contribution in [0.1, 0.15) is 67.3 Å². The van der Waals surface area contributed by atoms with E-state index in [0.29, 0.717) is 24.8 Å². The highest BCUT2D eigenvalue weighted by atomic mass is 16.5. The summed E-state index contributed by atoms with van der Waals surface area (Å²) in [6.45, 7) is 3.58. The van der Waals surface area contributed by atoms with Gasteiger partial charge in [0.05, 0.1) is 12.2 Å². The molecule has 1 aromatic carbocycles. The van der Waals surface area contributed by atoms with E-state index in [0.717, 1.165) is 50.5 Å². The van der Waals surface area contributed by atoms with E-state index >= 15 is 0 Å². The van der Waals surface area contributed by atoms with Crippen LogP contribution in [0.3, 0.4) is 0 Å². The Morgan fingerprint density at radius 3 is 2.77 bits per heavy atom. The Morgan fingerprint density at radius 2 is 2.00 bits per heavy atom. The lowest BCUT2D eigenvalue weighted by Crippen LogP contribution is -2.37. The molecule has 2 aliphatic rings. The maximum atomic E-state index is 12.4. The van der Waals surface area contributed by atoms with E-state index in [2.05, 4.69) is 20.9 Å². The van der Waals surface area contributed by atoms with Gasteiger partial charge in [-0.2, -0.15) is 0 Å². The molecule has 31 heavy (non-hydrogen) atoms. The summed E-state index contributed by atoms with van der Waals surface area (Å²) in [5.74, 6) is 0.698. The number of aliphatic imine (C=N–C) groups is 1. The summed E-state index contributed by atoms with van der Waals surface area (Å²) in [6, 6.07) is 7.68. The summed E-state index contributed by atoms with van der Waals surface area (Å²) in [7, 11) is 1.77. The highest BCUT2D eigenvalue weighted by Crippen LogP contribution is 2.20. The van der Waals surface area contributed by atoms with Crippen LogP contribution in [0.4, 0.5) is 0 Å². The number of guanidine groups is 1. The first-order valence-corrected chi connectivity index (χ1v) is 11.8. The summed E-state index contributed by atoms with van der Waals surface area (Å²) in [4.78, 5) is 16.7. The van der Waals surface area contributed by atoms with Crippen molar-refractivity contribution in [1.82, 2.24) is 16.0 Å². The molecular weight excluding hydrogens is 392 g/mol. The van der Waals surface area contributed by atoms with Crippen LogP contribution in [0, 0.1) is 0 Å². The molecule has 0 radical (unpaired) electrons. The summed E-state index contributed by atoms with van der Waals surface area (Å²) in [5, 5.41) is 9.62. The van der Waals surface area contributed by atoms with Crippen molar-refractivity contribution in [1.29, 1.82) is 0 Å². The number of carbonyl (C=O) groups excluding carboxylic acids is 1. The molecule has 1 aliphatic heterocycles. The van der Waals surface area contributed by atoms with E-state index in [1.165, 1.54) is 32.1 Å². The molecule has 1 unspecified atom stereocenters. The zero-order valence-electron chi connectivity index (χ0n) is 18.8. The van der Waals surface area contributed by atoms with E-state index in [4.69, 9.17) is 9.47 Å². The second kappa shape index (κ2) is 13.3. The molecule has 2 fully saturated rings. The molecule has 172 valence electrons. The number of ether oxygens (including phenoxy) is 2. The van der Waals surface area contributed by atoms with E-state index in [1.54, 1.807) is 7.05 Å². The summed E-state index contributed by atoms with van der Waals surface area (Å²) in [6.07, 6.45) is 10.0. The van der Waals surface area contributed by atoms with Crippen LogP contribution in [0.15, 0.2) is 29.3 Å². The molecule has 0 spiro atoms. The van der Waals surface area contributed by atoms with Gasteiger partial charge in [0.2, 0.25) is 0 Å². The fourth-order valence-electron chi connectivity index (χ4n) is 4.10. The van der Waals surface area contributed by atoms with Crippen molar-refractivity contribution in [2.45, 2.75) is 70.1 Å². The van der Waals surface area contributed by atoms with Gasteiger partial charge >= 0.3 is 0 Å². The number of hydrogen-bond donors (Lipinski definition) is 3. The lowest BCUT2D eigenvalue weighted by molar-refractivity contribution is 0.0277. The number of nitrogens with zero attached hydrogens (tertiary/aromatic N) is 1. The minimum absolute atomic E-state index is 0.0576. The van der Waals surface area contributed by atoms with Crippen LogP contribution in [0.25, 0.3) is 0 Å². The van der Waals surface area contributed by atoms with Gasteiger partial charge in [-0.1, -0.05) is 31.4 Å². The van der Waals surface area contributed by atoms with Gasteiger partial charge in [-0.15, -0.1) is 0 Å². The molecular formula is C24H38N4O3. The second-order valence-corrected chi connectivity index (χ2v) is 8.38. The maximum Gasteiger partial charge on any atom is 0.251 e. The van der Waals surface area contributed by atoms with Gasteiger partial charge in [0.15, 0.2) is 5.96 Å². The van der Waals surface area contributed by atoms with Crippen molar-refractivity contribution in [2.24, 2.45) is 4.99 Å². The van der Waals surface area contributed by atoms with Crippen molar-refractivity contribution >= 4 is 11.9 Å². The van der Waals surface area contributed by atoms with Crippen molar-refractivity contribution in [3.63, 3.8) is 0 Å². The van der Waals surface area contributed by atoms with Crippen molar-refractivity contribution in [3.8, 4) is 0 Å². The highest BCUT2D eigenvalue weighted by molar-refractivity contribution is 5.94. The number of carbonyl (C=O) groups is 1. The number of benzene rings is 1. The van der Waals surface area contributed by atoms with Crippen LogP contribution in [-0.2, 0) is 16.0 Å². The predicted octanol–water partition coefficient (Wildman–Crippen LogP) is 3.00. The van der Waals surface area contributed by atoms with Gasteiger partial charge in [0.25, 0.3) is 5.91 Å². The van der Waals surface area contributed by atoms with Crippen LogP contribution >= 0.6 is 0 Å². The summed E-state index contributed by atoms with van der Waals surface area (Å²) in [5.41, 5.74) is 1.70. The molecule has 1 saturated heterocycles. The Balaban J connectivity index is 1.33. The van der Waals surface area contributed by atoms with Crippen LogP contribution in [0.2, 0.25) is 0 Å². The Labute approximate surface area is 186 Å². The van der Waals surface area contributed by atoms with Gasteiger partial charge in [-0.3, -0.25) is 9.79 Å². The van der Waals surface area contributed by atoms with E-state index in [-0.39, 0.29) is 12.0 Å². The number of nitrogens with one attached hydrogen (secondary N) is 3. The first-order chi connectivity index (χ1) is 15.2. The molecule has 1 amide bonds. The molecule has 1 heterocycles. The third-order valence-corrected chi connectivity index (χ3v) is 5.91. The number of amides is 1. The average Bonchev–Trinajstić information content (AvgIpc) is 3.34. The molecule has 0 aromatic heterocycles. The normalized spacial score (nSPS) is 19.9. The molecule has 1 saturated carbocycles. The number of rotatable bonds is 10. The minimum atomic E-state index is -0.0576. The van der Waals surface area contributed by atoms with Crippen molar-refractivity contribution < 1.29 is 14.3 Å². The smallest absolute Gasteiger partial charge is 0.251 e. The highest BCUT2D eigenvalue weighted by Gasteiger charge is 2.17. The Hall–Kier alpha value is -2.12. The topological polar surface area (TPSA) is 84.0 Å². The third kappa shape index (κ3) is 8.50. The molecule has 1 aliphatic carbocycles. The molecule has 7 nitrogen and oxygen atoms in total. The third-order valence-electron chi connectivity index (χ3n) is 5.91. The fourth-order valence-corrected chi connectivity index (χ4v) is 4.10. The van der Waals surface area contributed by atoms with Gasteiger partial charge in [0.1, 0.15) is 0 Å². The van der Waals surface area contributed by atoms with Gasteiger partial charge in [-0.05, 0) is 49.8 Å². The first-order valence-electron chi connectivity index (χ1n) is 11.8. The van der Waals surface area contributed by atoms with E-state index in [1.807, 2.05) is 24.3 Å². The van der Waals surface area contributed by atoms with Crippen molar-refractivity contribution in [3.05, 3.63) is 35.4 Å². The van der Waals surface area contributed by atoms with Gasteiger partial charge in [-0.25, -0.2) is 0 Å². The summed E-state index contributed by atoms with van der Waals surface area (Å²) < 4.78 is 11.5. The summed E-state index contributed by atoms with van der Waals surface area (Å²) >= 11 is 0. The lowest BCUT2D eigenvalue weighted by Gasteiger charge is -2.22. The largest absolute Gasteiger partial charge is 0.378 e. The lowest BCUT2D eigenvalue weighted by atomic mass is 9.98. The Kier molecular flexibility index (Phi) is 10.1. The van der Waals surface area contributed by atoms with Gasteiger partial charge < -0.3 is 25.4 Å². The van der Waals surface area contributed by atoms with Crippen molar-refractivity contribution in [2.75, 3.05) is 33.4 Å². The Bertz CT molecular complexity index is 698. The monoisotopic (exact) mass is 430 g/mol. The fraction of sp³-hybridized carbons (Fsp3) is 0.667. The first kappa shape index (κ1) is 23.5. The zero-order chi connectivity index (χ0) is 21.7. The zero-order valence-corrected chi connectivity index (χ0v) is 18.8. The average molecular weight is 431 g/mol. The van der Waals surface area contributed by atoms with Crippen LogP contribution in [0.5, 0.6) is 0 Å². The van der Waals surface area contributed by atoms with E-state index < -0.39 is 0 Å². The van der Waals surface area contributed by atoms with Crippen LogP contribution in [-0.4, -0.2) is 57.4 Å². The standard InChI is InChI=1S/C24H38N4O3/c1-25-24(26-13-7-15-30-21-10-3-2-4-11-21)28-17-19-8-5-9-20(16-19)23(29)27-18-22-12-6-14-31-22/h5,8-9,16,21-22H,2-4,6-7,10-15,17-18H2,1H3,(H,27,29)(H2,25,26,28). The molecule has 0 bridgehead atoms. The molecule has 1 atom stereocenters. The quantitative estimate of drug-likeness (QED) is 0.302. The second-order valence-electron chi connectivity index (χ2n) is 8.38. The van der Waals surface area contributed by atoms with E-state index in [9.17, 15) is 4.79 Å². The maximum absolute atomic E-state index is 12.4. The molecule has 7 heteroatoms. The SMILES string of the molecule is CN=C(NCCCOC1CCCCC1)NCc1cccc(C(=O)NCC2CCCO2)c1. The minimum Gasteiger partial charge on any atom is -0.378 e. The van der Waals surface area contributed by atoms with Crippen LogP contribution < -0.4 is 16.0 Å². The molecule has 3 N–H and O–H groups in total. The predicted molar refractivity (Wildman–Crippen MR) is 123 cm³/mol. The van der Waals surface area contributed by atoms with Gasteiger partial charge in [0, 0.05) is 45.5 Å². The molecule has 3 rings (SSSR count). The Morgan fingerprint density at radius 1 is 1.13 bits per heavy atom.